The van der Waals surface area contributed by atoms with Crippen LogP contribution in [0.15, 0.2) is 36.2 Å². The molecule has 0 amide bonds. The summed E-state index contributed by atoms with van der Waals surface area (Å²) in [4.78, 5) is 8.68. The van der Waals surface area contributed by atoms with Crippen LogP contribution in [-0.2, 0) is 0 Å². The van der Waals surface area contributed by atoms with Crippen LogP contribution in [0.2, 0.25) is 0 Å². The summed E-state index contributed by atoms with van der Waals surface area (Å²) in [5.41, 5.74) is 4.95. The van der Waals surface area contributed by atoms with Crippen LogP contribution in [0.1, 0.15) is 31.2 Å². The number of benzene rings is 1. The van der Waals surface area contributed by atoms with Gasteiger partial charge in [0, 0.05) is 12.4 Å². The Kier molecular flexibility index (Phi) is 2.22. The molecule has 2 aliphatic carbocycles. The molecule has 2 bridgehead atoms. The van der Waals surface area contributed by atoms with Crippen LogP contribution < -0.4 is 0 Å². The van der Waals surface area contributed by atoms with E-state index in [1.165, 1.54) is 31.2 Å². The molecule has 2 saturated carbocycles. The van der Waals surface area contributed by atoms with Gasteiger partial charge in [-0.25, -0.2) is 0 Å². The predicted octanol–water partition coefficient (Wildman–Crippen LogP) is 3.83. The van der Waals surface area contributed by atoms with Crippen molar-refractivity contribution in [1.29, 1.82) is 0 Å². The van der Waals surface area contributed by atoms with Gasteiger partial charge in [0.1, 0.15) is 0 Å². The second-order valence-corrected chi connectivity index (χ2v) is 5.51. The van der Waals surface area contributed by atoms with E-state index in [2.05, 4.69) is 34.2 Å². The number of hydrogen-bond donors (Lipinski definition) is 0. The number of hydrogen-bond acceptors (Lipinski definition) is 2. The Balaban J connectivity index is 1.73. The highest BCUT2D eigenvalue weighted by molar-refractivity contribution is 5.77. The molecule has 1 aromatic carbocycles. The maximum atomic E-state index is 4.37. The summed E-state index contributed by atoms with van der Waals surface area (Å²) in [6.07, 6.45) is 11.6. The lowest BCUT2D eigenvalue weighted by atomic mass is 9.61. The summed E-state index contributed by atoms with van der Waals surface area (Å²) in [7, 11) is 0. The molecule has 2 unspecified atom stereocenters. The van der Waals surface area contributed by atoms with Gasteiger partial charge in [0.25, 0.3) is 0 Å². The van der Waals surface area contributed by atoms with Crippen molar-refractivity contribution in [2.45, 2.75) is 25.7 Å². The molecule has 2 nitrogen and oxygen atoms in total. The van der Waals surface area contributed by atoms with Crippen molar-refractivity contribution < 1.29 is 0 Å². The number of rotatable bonds is 1. The van der Waals surface area contributed by atoms with Gasteiger partial charge in [0.2, 0.25) is 0 Å². The van der Waals surface area contributed by atoms with Gasteiger partial charge in [-0.2, -0.15) is 0 Å². The second kappa shape index (κ2) is 3.91. The molecule has 1 heterocycles. The van der Waals surface area contributed by atoms with Gasteiger partial charge >= 0.3 is 0 Å². The zero-order valence-corrected chi connectivity index (χ0v) is 10.3. The van der Waals surface area contributed by atoms with Gasteiger partial charge in [-0.1, -0.05) is 24.1 Å². The Labute approximate surface area is 107 Å². The van der Waals surface area contributed by atoms with Gasteiger partial charge in [-0.3, -0.25) is 9.97 Å². The molecule has 90 valence electrons. The standard InChI is InChI=1S/C16H16N2/c1-2-12-10-13(3-1)14(12)8-11-4-5-15-16(9-11)18-7-6-17-15/h4-9,12-13H,1-3,10H2. The Bertz CT molecular complexity index is 614. The van der Waals surface area contributed by atoms with Crippen LogP contribution in [0.25, 0.3) is 17.1 Å². The molecule has 2 heteroatoms. The highest BCUT2D eigenvalue weighted by Gasteiger charge is 2.37. The summed E-state index contributed by atoms with van der Waals surface area (Å²) in [6, 6.07) is 6.39. The third-order valence-electron chi connectivity index (χ3n) is 4.44. The van der Waals surface area contributed by atoms with Crippen LogP contribution in [0, 0.1) is 11.8 Å². The quantitative estimate of drug-likeness (QED) is 0.752. The Morgan fingerprint density at radius 3 is 2.56 bits per heavy atom. The molecule has 2 atom stereocenters. The first-order chi connectivity index (χ1) is 8.90. The van der Waals surface area contributed by atoms with Gasteiger partial charge in [-0.05, 0) is 48.8 Å². The minimum absolute atomic E-state index is 0.876. The van der Waals surface area contributed by atoms with E-state index in [1.807, 2.05) is 0 Å². The summed E-state index contributed by atoms with van der Waals surface area (Å²) in [5, 5.41) is 0. The molecular formula is C16H16N2. The average molecular weight is 236 g/mol. The highest BCUT2D eigenvalue weighted by atomic mass is 14.8. The highest BCUT2D eigenvalue weighted by Crippen LogP contribution is 2.50. The van der Waals surface area contributed by atoms with Gasteiger partial charge in [-0.15, -0.1) is 0 Å². The van der Waals surface area contributed by atoms with E-state index >= 15 is 0 Å². The number of nitrogens with zero attached hydrogens (tertiary/aromatic N) is 2. The maximum absolute atomic E-state index is 4.37. The minimum atomic E-state index is 0.876. The Hall–Kier alpha value is -1.70. The summed E-state index contributed by atoms with van der Waals surface area (Å²) in [6.45, 7) is 0. The molecule has 0 radical (unpaired) electrons. The first-order valence-electron chi connectivity index (χ1n) is 6.82. The van der Waals surface area contributed by atoms with Gasteiger partial charge < -0.3 is 0 Å². The average Bonchev–Trinajstić information content (AvgIpc) is 2.45. The van der Waals surface area contributed by atoms with Crippen LogP contribution in [0.5, 0.6) is 0 Å². The number of fused-ring (bicyclic) bond motifs is 3. The second-order valence-electron chi connectivity index (χ2n) is 5.51. The molecule has 0 spiro atoms. The summed E-state index contributed by atoms with van der Waals surface area (Å²) in [5.74, 6) is 1.75. The van der Waals surface area contributed by atoms with Crippen molar-refractivity contribution in [3.05, 3.63) is 41.7 Å². The van der Waals surface area contributed by atoms with Gasteiger partial charge in [0.05, 0.1) is 11.0 Å². The smallest absolute Gasteiger partial charge is 0.0892 e. The number of aromatic nitrogens is 2. The van der Waals surface area contributed by atoms with Gasteiger partial charge in [0.15, 0.2) is 0 Å². The van der Waals surface area contributed by atoms with E-state index in [9.17, 15) is 0 Å². The Morgan fingerprint density at radius 2 is 1.78 bits per heavy atom. The summed E-state index contributed by atoms with van der Waals surface area (Å²) >= 11 is 0. The van der Waals surface area contributed by atoms with E-state index in [0.29, 0.717) is 0 Å². The molecule has 0 aliphatic heterocycles. The third kappa shape index (κ3) is 1.56. The fourth-order valence-electron chi connectivity index (χ4n) is 3.47. The van der Waals surface area contributed by atoms with E-state index in [0.717, 1.165) is 22.9 Å². The lowest BCUT2D eigenvalue weighted by molar-refractivity contribution is 0.218. The van der Waals surface area contributed by atoms with E-state index < -0.39 is 0 Å². The molecule has 2 aliphatic rings. The molecular weight excluding hydrogens is 220 g/mol. The normalized spacial score (nSPS) is 25.9. The monoisotopic (exact) mass is 236 g/mol. The Morgan fingerprint density at radius 1 is 1.00 bits per heavy atom. The zero-order chi connectivity index (χ0) is 11.9. The topological polar surface area (TPSA) is 25.8 Å². The molecule has 2 fully saturated rings. The summed E-state index contributed by atoms with van der Waals surface area (Å²) < 4.78 is 0. The van der Waals surface area contributed by atoms with Crippen LogP contribution in [-0.4, -0.2) is 9.97 Å². The van der Waals surface area contributed by atoms with Crippen molar-refractivity contribution >= 4 is 17.1 Å². The molecule has 0 saturated heterocycles. The third-order valence-corrected chi connectivity index (χ3v) is 4.44. The first-order valence-corrected chi connectivity index (χ1v) is 6.82. The minimum Gasteiger partial charge on any atom is -0.253 e. The van der Waals surface area contributed by atoms with Crippen LogP contribution in [0.3, 0.4) is 0 Å². The lowest BCUT2D eigenvalue weighted by Crippen LogP contribution is -2.32. The molecule has 0 N–H and O–H groups in total. The molecule has 2 aromatic rings. The maximum Gasteiger partial charge on any atom is 0.0892 e. The van der Waals surface area contributed by atoms with Crippen molar-refractivity contribution in [1.82, 2.24) is 9.97 Å². The van der Waals surface area contributed by atoms with E-state index in [1.54, 1.807) is 18.0 Å². The fourth-order valence-corrected chi connectivity index (χ4v) is 3.47. The predicted molar refractivity (Wildman–Crippen MR) is 73.0 cm³/mol. The van der Waals surface area contributed by atoms with E-state index in [-0.39, 0.29) is 0 Å². The SMILES string of the molecule is C(=C1C2CCCC1C2)c1ccc2nccnc2c1. The van der Waals surface area contributed by atoms with Crippen LogP contribution >= 0.6 is 0 Å². The van der Waals surface area contributed by atoms with E-state index in [4.69, 9.17) is 0 Å². The zero-order valence-electron chi connectivity index (χ0n) is 10.3. The first kappa shape index (κ1) is 10.2. The molecule has 18 heavy (non-hydrogen) atoms. The van der Waals surface area contributed by atoms with Crippen molar-refractivity contribution in [3.8, 4) is 0 Å². The fraction of sp³-hybridized carbons (Fsp3) is 0.375. The van der Waals surface area contributed by atoms with Crippen molar-refractivity contribution in [2.24, 2.45) is 11.8 Å². The molecule has 1 aromatic heterocycles. The molecule has 4 rings (SSSR count). The number of allylic oxidation sites excluding steroid dienone is 1. The van der Waals surface area contributed by atoms with Crippen molar-refractivity contribution in [2.75, 3.05) is 0 Å². The largest absolute Gasteiger partial charge is 0.253 e. The van der Waals surface area contributed by atoms with Crippen LogP contribution in [0.4, 0.5) is 0 Å². The van der Waals surface area contributed by atoms with Crippen molar-refractivity contribution in [3.63, 3.8) is 0 Å². The lowest BCUT2D eigenvalue weighted by Gasteiger charge is -2.44.